The number of carbonyl (C=O) groups is 1. The number of halogens is 4. The first-order valence-electron chi connectivity index (χ1n) is 9.55. The number of hydrogen-bond donors (Lipinski definition) is 1. The van der Waals surface area contributed by atoms with Gasteiger partial charge in [0.15, 0.2) is 11.4 Å². The number of nitrogens with one attached hydrogen (secondary N) is 1. The van der Waals surface area contributed by atoms with Crippen molar-refractivity contribution >= 4 is 5.91 Å². The van der Waals surface area contributed by atoms with E-state index < -0.39 is 29.3 Å². The summed E-state index contributed by atoms with van der Waals surface area (Å²) in [7, 11) is 0. The zero-order valence-corrected chi connectivity index (χ0v) is 16.0. The zero-order chi connectivity index (χ0) is 21.0. The van der Waals surface area contributed by atoms with Gasteiger partial charge in [0.05, 0.1) is 5.69 Å². The highest BCUT2D eigenvalue weighted by atomic mass is 19.4. The number of likely N-dealkylation sites (tertiary alicyclic amines) is 1. The third-order valence-electron chi connectivity index (χ3n) is 4.88. The minimum atomic E-state index is -4.88. The summed E-state index contributed by atoms with van der Waals surface area (Å²) in [6.07, 6.45) is -1.93. The molecular formula is C19H23F4N5O. The van der Waals surface area contributed by atoms with Crippen LogP contribution in [-0.2, 0) is 6.18 Å². The fourth-order valence-electron chi connectivity index (χ4n) is 3.56. The van der Waals surface area contributed by atoms with Crippen molar-refractivity contribution in [2.75, 3.05) is 26.2 Å². The largest absolute Gasteiger partial charge is 0.435 e. The molecule has 1 atom stereocenters. The van der Waals surface area contributed by atoms with Gasteiger partial charge in [0, 0.05) is 13.1 Å². The number of nitrogens with zero attached hydrogens (tertiary/aromatic N) is 4. The van der Waals surface area contributed by atoms with Crippen LogP contribution in [0.3, 0.4) is 0 Å². The highest BCUT2D eigenvalue weighted by molar-refractivity contribution is 5.93. The number of amides is 1. The van der Waals surface area contributed by atoms with Crippen molar-refractivity contribution < 1.29 is 22.4 Å². The molecule has 2 heterocycles. The molecule has 1 aromatic carbocycles. The van der Waals surface area contributed by atoms with E-state index in [-0.39, 0.29) is 12.2 Å². The Morgan fingerprint density at radius 2 is 2.14 bits per heavy atom. The molecule has 1 saturated heterocycles. The molecule has 1 aliphatic heterocycles. The Hall–Kier alpha value is -2.49. The standard InChI is InChI=1S/C19H23F4N5O/c1-13-5-3-9-27(12-13)10-4-8-24-18(29)16-17(19(21,22)23)28(26-25-16)15-7-2-6-14(20)11-15/h2,6-7,11,13H,3-5,8-10,12H2,1H3,(H,24,29). The van der Waals surface area contributed by atoms with Gasteiger partial charge in [-0.15, -0.1) is 5.10 Å². The summed E-state index contributed by atoms with van der Waals surface area (Å²) < 4.78 is 54.6. The van der Waals surface area contributed by atoms with Crippen LogP contribution in [0, 0.1) is 11.7 Å². The normalized spacial score (nSPS) is 18.0. The SMILES string of the molecule is CC1CCCN(CCCNC(=O)c2nnn(-c3cccc(F)c3)c2C(F)(F)F)C1. The predicted octanol–water partition coefficient (Wildman–Crippen LogP) is 3.28. The Morgan fingerprint density at radius 3 is 2.83 bits per heavy atom. The summed E-state index contributed by atoms with van der Waals surface area (Å²) in [6, 6.07) is 4.51. The van der Waals surface area contributed by atoms with Crippen LogP contribution >= 0.6 is 0 Å². The van der Waals surface area contributed by atoms with Crippen molar-refractivity contribution in [1.82, 2.24) is 25.2 Å². The number of aromatic nitrogens is 3. The first-order valence-corrected chi connectivity index (χ1v) is 9.55. The molecule has 1 unspecified atom stereocenters. The monoisotopic (exact) mass is 413 g/mol. The number of hydrogen-bond acceptors (Lipinski definition) is 4. The van der Waals surface area contributed by atoms with Gasteiger partial charge in [0.2, 0.25) is 0 Å². The van der Waals surface area contributed by atoms with Crippen molar-refractivity contribution in [3.05, 3.63) is 41.5 Å². The third kappa shape index (κ3) is 5.31. The van der Waals surface area contributed by atoms with E-state index in [9.17, 15) is 22.4 Å². The highest BCUT2D eigenvalue weighted by Crippen LogP contribution is 2.32. The Bertz CT molecular complexity index is 851. The minimum Gasteiger partial charge on any atom is -0.351 e. The van der Waals surface area contributed by atoms with Gasteiger partial charge in [-0.3, -0.25) is 4.79 Å². The van der Waals surface area contributed by atoms with Crippen molar-refractivity contribution in [1.29, 1.82) is 0 Å². The fourth-order valence-corrected chi connectivity index (χ4v) is 3.56. The molecule has 1 aliphatic rings. The van der Waals surface area contributed by atoms with Crippen LogP contribution in [0.2, 0.25) is 0 Å². The molecule has 1 aromatic heterocycles. The lowest BCUT2D eigenvalue weighted by Gasteiger charge is -2.30. The zero-order valence-electron chi connectivity index (χ0n) is 16.0. The quantitative estimate of drug-likeness (QED) is 0.583. The van der Waals surface area contributed by atoms with Crippen LogP contribution in [0.4, 0.5) is 17.6 Å². The minimum absolute atomic E-state index is 0.164. The second-order valence-electron chi connectivity index (χ2n) is 7.33. The van der Waals surface area contributed by atoms with Gasteiger partial charge in [-0.25, -0.2) is 9.07 Å². The summed E-state index contributed by atoms with van der Waals surface area (Å²) in [5.41, 5.74) is -2.32. The van der Waals surface area contributed by atoms with Crippen LogP contribution in [0.1, 0.15) is 42.4 Å². The van der Waals surface area contributed by atoms with E-state index in [1.165, 1.54) is 18.6 Å². The van der Waals surface area contributed by atoms with Gasteiger partial charge >= 0.3 is 6.18 Å². The van der Waals surface area contributed by atoms with Crippen molar-refractivity contribution in [2.24, 2.45) is 5.92 Å². The van der Waals surface area contributed by atoms with Gasteiger partial charge in [-0.1, -0.05) is 18.2 Å². The fraction of sp³-hybridized carbons (Fsp3) is 0.526. The van der Waals surface area contributed by atoms with Gasteiger partial charge in [-0.05, 0) is 56.5 Å². The Labute approximate surface area is 165 Å². The average molecular weight is 413 g/mol. The molecule has 6 nitrogen and oxygen atoms in total. The summed E-state index contributed by atoms with van der Waals surface area (Å²) in [6.45, 7) is 5.18. The molecule has 158 valence electrons. The van der Waals surface area contributed by atoms with E-state index in [1.54, 1.807) is 0 Å². The Morgan fingerprint density at radius 1 is 1.34 bits per heavy atom. The van der Waals surface area contributed by atoms with Gasteiger partial charge < -0.3 is 10.2 Å². The Kier molecular flexibility index (Phi) is 6.51. The van der Waals surface area contributed by atoms with E-state index in [2.05, 4.69) is 27.5 Å². The summed E-state index contributed by atoms with van der Waals surface area (Å²) in [5.74, 6) is -1.04. The molecule has 0 aliphatic carbocycles. The first kappa shape index (κ1) is 21.2. The lowest BCUT2D eigenvalue weighted by Crippen LogP contribution is -2.36. The van der Waals surface area contributed by atoms with Gasteiger partial charge in [0.1, 0.15) is 5.82 Å². The second-order valence-corrected chi connectivity index (χ2v) is 7.33. The predicted molar refractivity (Wildman–Crippen MR) is 98.1 cm³/mol. The molecule has 3 rings (SSSR count). The number of benzene rings is 1. The molecular weight excluding hydrogens is 390 g/mol. The number of alkyl halides is 3. The molecule has 0 bridgehead atoms. The topological polar surface area (TPSA) is 63.1 Å². The van der Waals surface area contributed by atoms with Gasteiger partial charge in [-0.2, -0.15) is 13.2 Å². The van der Waals surface area contributed by atoms with Crippen LogP contribution in [-0.4, -0.2) is 52.0 Å². The molecule has 29 heavy (non-hydrogen) atoms. The summed E-state index contributed by atoms with van der Waals surface area (Å²) >= 11 is 0. The average Bonchev–Trinajstić information content (AvgIpc) is 3.11. The van der Waals surface area contributed by atoms with Crippen molar-refractivity contribution in [3.63, 3.8) is 0 Å². The lowest BCUT2D eigenvalue weighted by molar-refractivity contribution is -0.143. The van der Waals surface area contributed by atoms with Crippen LogP contribution in [0.5, 0.6) is 0 Å². The van der Waals surface area contributed by atoms with Crippen LogP contribution in [0.25, 0.3) is 5.69 Å². The maximum absolute atomic E-state index is 13.6. The Balaban J connectivity index is 1.67. The maximum atomic E-state index is 13.6. The molecule has 1 N–H and O–H groups in total. The van der Waals surface area contributed by atoms with E-state index in [0.717, 1.165) is 38.2 Å². The number of piperidine rings is 1. The molecule has 1 amide bonds. The van der Waals surface area contributed by atoms with E-state index in [0.29, 0.717) is 17.0 Å². The molecule has 1 fully saturated rings. The molecule has 0 saturated carbocycles. The summed E-state index contributed by atoms with van der Waals surface area (Å²) in [4.78, 5) is 14.6. The summed E-state index contributed by atoms with van der Waals surface area (Å²) in [5, 5.41) is 9.33. The van der Waals surface area contributed by atoms with E-state index in [4.69, 9.17) is 0 Å². The van der Waals surface area contributed by atoms with E-state index in [1.807, 2.05) is 0 Å². The number of carbonyl (C=O) groups excluding carboxylic acids is 1. The molecule has 2 aromatic rings. The van der Waals surface area contributed by atoms with Crippen molar-refractivity contribution in [2.45, 2.75) is 32.4 Å². The van der Waals surface area contributed by atoms with Crippen molar-refractivity contribution in [3.8, 4) is 5.69 Å². The van der Waals surface area contributed by atoms with Crippen LogP contribution < -0.4 is 5.32 Å². The lowest BCUT2D eigenvalue weighted by atomic mass is 10.0. The van der Waals surface area contributed by atoms with Crippen LogP contribution in [0.15, 0.2) is 24.3 Å². The highest BCUT2D eigenvalue weighted by Gasteiger charge is 2.42. The smallest absolute Gasteiger partial charge is 0.351 e. The first-order chi connectivity index (χ1) is 13.8. The molecule has 0 spiro atoms. The molecule has 0 radical (unpaired) electrons. The van der Waals surface area contributed by atoms with Gasteiger partial charge in [0.25, 0.3) is 5.91 Å². The third-order valence-corrected chi connectivity index (χ3v) is 4.88. The second kappa shape index (κ2) is 8.89. The number of rotatable bonds is 6. The maximum Gasteiger partial charge on any atom is 0.435 e. The van der Waals surface area contributed by atoms with E-state index >= 15 is 0 Å². The molecule has 10 heteroatoms.